The number of carbonyl (C=O) groups excluding carboxylic acids is 1. The fraction of sp³-hybridized carbons (Fsp3) is 0.312. The molecular weight excluding hydrogens is 280 g/mol. The monoisotopic (exact) mass is 298 g/mol. The van der Waals surface area contributed by atoms with E-state index in [0.29, 0.717) is 24.3 Å². The average Bonchev–Trinajstić information content (AvgIpc) is 2.56. The molecule has 0 aliphatic carbocycles. The van der Waals surface area contributed by atoms with Gasteiger partial charge in [0.05, 0.1) is 11.3 Å². The van der Waals surface area contributed by atoms with Gasteiger partial charge in [-0.1, -0.05) is 0 Å². The van der Waals surface area contributed by atoms with Gasteiger partial charge in [-0.2, -0.15) is 0 Å². The van der Waals surface area contributed by atoms with Gasteiger partial charge >= 0.3 is 0 Å². The Morgan fingerprint density at radius 2 is 1.82 bits per heavy atom. The highest BCUT2D eigenvalue weighted by atomic mass is 16.3. The first kappa shape index (κ1) is 14.3. The van der Waals surface area contributed by atoms with Gasteiger partial charge in [0.2, 0.25) is 0 Å². The van der Waals surface area contributed by atoms with Crippen molar-refractivity contribution in [3.63, 3.8) is 0 Å². The molecule has 1 N–H and O–H groups in total. The molecule has 1 aliphatic heterocycles. The zero-order valence-corrected chi connectivity index (χ0v) is 12.4. The number of hydrogen-bond acceptors (Lipinski definition) is 5. The fourth-order valence-corrected chi connectivity index (χ4v) is 2.60. The van der Waals surface area contributed by atoms with E-state index in [-0.39, 0.29) is 11.7 Å². The topological polar surface area (TPSA) is 69.6 Å². The van der Waals surface area contributed by atoms with Crippen molar-refractivity contribution in [1.82, 2.24) is 14.9 Å². The minimum atomic E-state index is -0.0107. The maximum atomic E-state index is 12.5. The minimum Gasteiger partial charge on any atom is -0.508 e. The first-order valence-electron chi connectivity index (χ1n) is 7.25. The SMILES string of the molecule is Cc1ncncc1C(=O)N1CCN(c2ccc(O)cc2)CC1. The van der Waals surface area contributed by atoms with Crippen LogP contribution < -0.4 is 4.90 Å². The van der Waals surface area contributed by atoms with Crippen LogP contribution in [0.15, 0.2) is 36.8 Å². The molecule has 2 aromatic rings. The van der Waals surface area contributed by atoms with Crippen molar-refractivity contribution in [3.05, 3.63) is 48.0 Å². The van der Waals surface area contributed by atoms with Crippen molar-refractivity contribution in [2.75, 3.05) is 31.1 Å². The third kappa shape index (κ3) is 2.86. The summed E-state index contributed by atoms with van der Waals surface area (Å²) in [6.07, 6.45) is 3.03. The van der Waals surface area contributed by atoms with Crippen LogP contribution in [-0.2, 0) is 0 Å². The van der Waals surface area contributed by atoms with Gasteiger partial charge in [-0.15, -0.1) is 0 Å². The number of rotatable bonds is 2. The lowest BCUT2D eigenvalue weighted by Gasteiger charge is -2.36. The highest BCUT2D eigenvalue weighted by molar-refractivity contribution is 5.95. The van der Waals surface area contributed by atoms with Gasteiger partial charge in [0, 0.05) is 38.1 Å². The van der Waals surface area contributed by atoms with Crippen molar-refractivity contribution in [3.8, 4) is 5.75 Å². The fourth-order valence-electron chi connectivity index (χ4n) is 2.60. The Balaban J connectivity index is 1.65. The number of carbonyl (C=O) groups is 1. The maximum absolute atomic E-state index is 12.5. The number of benzene rings is 1. The van der Waals surface area contributed by atoms with E-state index in [1.165, 1.54) is 6.33 Å². The van der Waals surface area contributed by atoms with Crippen LogP contribution in [0.5, 0.6) is 5.75 Å². The summed E-state index contributed by atoms with van der Waals surface area (Å²) >= 11 is 0. The first-order valence-corrected chi connectivity index (χ1v) is 7.25. The van der Waals surface area contributed by atoms with Crippen molar-refractivity contribution in [1.29, 1.82) is 0 Å². The molecule has 1 aromatic carbocycles. The molecule has 0 radical (unpaired) electrons. The van der Waals surface area contributed by atoms with Gasteiger partial charge in [0.1, 0.15) is 12.1 Å². The zero-order chi connectivity index (χ0) is 15.5. The number of phenolic OH excluding ortho intramolecular Hbond substituents is 1. The Kier molecular flexibility index (Phi) is 3.91. The number of aromatic nitrogens is 2. The molecule has 114 valence electrons. The Morgan fingerprint density at radius 1 is 1.14 bits per heavy atom. The van der Waals surface area contributed by atoms with Crippen LogP contribution >= 0.6 is 0 Å². The van der Waals surface area contributed by atoms with Crippen molar-refractivity contribution in [2.24, 2.45) is 0 Å². The van der Waals surface area contributed by atoms with E-state index in [1.54, 1.807) is 18.3 Å². The lowest BCUT2D eigenvalue weighted by Crippen LogP contribution is -2.49. The highest BCUT2D eigenvalue weighted by Crippen LogP contribution is 2.20. The first-order chi connectivity index (χ1) is 10.6. The molecule has 1 amide bonds. The lowest BCUT2D eigenvalue weighted by molar-refractivity contribution is 0.0745. The molecule has 1 saturated heterocycles. The largest absolute Gasteiger partial charge is 0.508 e. The molecule has 0 unspecified atom stereocenters. The second kappa shape index (κ2) is 6.01. The summed E-state index contributed by atoms with van der Waals surface area (Å²) in [4.78, 5) is 24.6. The Hall–Kier alpha value is -2.63. The summed E-state index contributed by atoms with van der Waals surface area (Å²) in [5.41, 5.74) is 2.34. The maximum Gasteiger partial charge on any atom is 0.257 e. The van der Waals surface area contributed by atoms with E-state index in [2.05, 4.69) is 14.9 Å². The predicted molar refractivity (Wildman–Crippen MR) is 83.0 cm³/mol. The molecule has 0 bridgehead atoms. The molecule has 2 heterocycles. The van der Waals surface area contributed by atoms with Crippen molar-refractivity contribution in [2.45, 2.75) is 6.92 Å². The second-order valence-corrected chi connectivity index (χ2v) is 5.32. The number of aryl methyl sites for hydroxylation is 1. The quantitative estimate of drug-likeness (QED) is 0.909. The molecule has 0 saturated carbocycles. The molecular formula is C16H18N4O2. The summed E-state index contributed by atoms with van der Waals surface area (Å²) in [6, 6.07) is 7.14. The van der Waals surface area contributed by atoms with Crippen LogP contribution in [0.3, 0.4) is 0 Å². The number of aromatic hydroxyl groups is 1. The lowest BCUT2D eigenvalue weighted by atomic mass is 10.2. The Bertz CT molecular complexity index is 664. The molecule has 22 heavy (non-hydrogen) atoms. The number of piperazine rings is 1. The second-order valence-electron chi connectivity index (χ2n) is 5.32. The average molecular weight is 298 g/mol. The smallest absolute Gasteiger partial charge is 0.257 e. The van der Waals surface area contributed by atoms with Gasteiger partial charge in [-0.25, -0.2) is 9.97 Å². The van der Waals surface area contributed by atoms with Gasteiger partial charge in [0.15, 0.2) is 0 Å². The zero-order valence-electron chi connectivity index (χ0n) is 12.4. The standard InChI is InChI=1S/C16H18N4O2/c1-12-15(10-17-11-18-12)16(22)20-8-6-19(7-9-20)13-2-4-14(21)5-3-13/h2-5,10-11,21H,6-9H2,1H3. The van der Waals surface area contributed by atoms with Gasteiger partial charge in [-0.3, -0.25) is 4.79 Å². The summed E-state index contributed by atoms with van der Waals surface area (Å²) in [5.74, 6) is 0.251. The van der Waals surface area contributed by atoms with Gasteiger partial charge < -0.3 is 14.9 Å². The van der Waals surface area contributed by atoms with E-state index in [0.717, 1.165) is 18.8 Å². The number of phenols is 1. The number of hydrogen-bond donors (Lipinski definition) is 1. The van der Waals surface area contributed by atoms with Crippen molar-refractivity contribution >= 4 is 11.6 Å². The van der Waals surface area contributed by atoms with E-state index in [1.807, 2.05) is 24.0 Å². The number of anilines is 1. The molecule has 1 aliphatic rings. The van der Waals surface area contributed by atoms with Gasteiger partial charge in [-0.05, 0) is 31.2 Å². The van der Waals surface area contributed by atoms with E-state index in [4.69, 9.17) is 0 Å². The van der Waals surface area contributed by atoms with Crippen LogP contribution in [0.1, 0.15) is 16.1 Å². The van der Waals surface area contributed by atoms with E-state index < -0.39 is 0 Å². The Labute approximate surface area is 129 Å². The van der Waals surface area contributed by atoms with E-state index in [9.17, 15) is 9.90 Å². The molecule has 0 atom stereocenters. The highest BCUT2D eigenvalue weighted by Gasteiger charge is 2.23. The van der Waals surface area contributed by atoms with Crippen molar-refractivity contribution < 1.29 is 9.90 Å². The van der Waals surface area contributed by atoms with Crippen LogP contribution in [0, 0.1) is 6.92 Å². The predicted octanol–water partition coefficient (Wildman–Crippen LogP) is 1.45. The molecule has 3 rings (SSSR count). The van der Waals surface area contributed by atoms with Crippen LogP contribution in [0.2, 0.25) is 0 Å². The normalized spacial score (nSPS) is 15.0. The number of nitrogens with zero attached hydrogens (tertiary/aromatic N) is 4. The van der Waals surface area contributed by atoms with Crippen LogP contribution in [-0.4, -0.2) is 52.1 Å². The molecule has 1 fully saturated rings. The summed E-state index contributed by atoms with van der Waals surface area (Å²) in [6.45, 7) is 4.68. The van der Waals surface area contributed by atoms with E-state index >= 15 is 0 Å². The Morgan fingerprint density at radius 3 is 2.45 bits per heavy atom. The van der Waals surface area contributed by atoms with Gasteiger partial charge in [0.25, 0.3) is 5.91 Å². The molecule has 1 aromatic heterocycles. The third-order valence-electron chi connectivity index (χ3n) is 3.92. The van der Waals surface area contributed by atoms with Crippen LogP contribution in [0.4, 0.5) is 5.69 Å². The summed E-state index contributed by atoms with van der Waals surface area (Å²) < 4.78 is 0. The molecule has 0 spiro atoms. The van der Waals surface area contributed by atoms with Crippen LogP contribution in [0.25, 0.3) is 0 Å². The summed E-state index contributed by atoms with van der Waals surface area (Å²) in [5, 5.41) is 9.34. The molecule has 6 heteroatoms. The number of amides is 1. The molecule has 6 nitrogen and oxygen atoms in total. The summed E-state index contributed by atoms with van der Waals surface area (Å²) in [7, 11) is 0. The minimum absolute atomic E-state index is 0.0107. The third-order valence-corrected chi connectivity index (χ3v) is 3.92.